The molecule has 0 fully saturated rings. The predicted octanol–water partition coefficient (Wildman–Crippen LogP) is 3.26. The lowest BCUT2D eigenvalue weighted by Gasteiger charge is -2.32. The molecule has 0 radical (unpaired) electrons. The summed E-state index contributed by atoms with van der Waals surface area (Å²) in [6.45, 7) is 9.01. The van der Waals surface area contributed by atoms with Gasteiger partial charge in [0.25, 0.3) is 0 Å². The minimum absolute atomic E-state index is 0.105. The topological polar surface area (TPSA) is 68.1 Å². The SMILES string of the molecule is CC(=O)C1=C(c2ccc(C(C)C)cc2)N(C(C)=O)n2c(C)nnc2S1. The van der Waals surface area contributed by atoms with Crippen molar-refractivity contribution in [1.82, 2.24) is 14.9 Å². The molecule has 1 aliphatic rings. The third kappa shape index (κ3) is 3.00. The lowest BCUT2D eigenvalue weighted by Crippen LogP contribution is -2.41. The van der Waals surface area contributed by atoms with Gasteiger partial charge in [-0.3, -0.25) is 9.59 Å². The van der Waals surface area contributed by atoms with Gasteiger partial charge in [0.15, 0.2) is 11.6 Å². The Morgan fingerprint density at radius 3 is 2.24 bits per heavy atom. The van der Waals surface area contributed by atoms with Crippen LogP contribution in [0.5, 0.6) is 0 Å². The molecule has 0 unspecified atom stereocenters. The molecule has 2 aromatic rings. The number of carbonyl (C=O) groups excluding carboxylic acids is 2. The van der Waals surface area contributed by atoms with Crippen LogP contribution in [0, 0.1) is 6.92 Å². The van der Waals surface area contributed by atoms with E-state index in [0.717, 1.165) is 5.56 Å². The maximum absolute atomic E-state index is 12.4. The van der Waals surface area contributed by atoms with Gasteiger partial charge in [0.2, 0.25) is 11.1 Å². The summed E-state index contributed by atoms with van der Waals surface area (Å²) in [6, 6.07) is 7.97. The van der Waals surface area contributed by atoms with Crippen LogP contribution in [0.25, 0.3) is 5.70 Å². The van der Waals surface area contributed by atoms with Crippen molar-refractivity contribution in [3.63, 3.8) is 0 Å². The molecule has 0 saturated carbocycles. The first-order valence-corrected chi connectivity index (χ1v) is 8.89. The summed E-state index contributed by atoms with van der Waals surface area (Å²) in [4.78, 5) is 25.2. The van der Waals surface area contributed by atoms with Crippen LogP contribution < -0.4 is 5.01 Å². The summed E-state index contributed by atoms with van der Waals surface area (Å²) in [6.07, 6.45) is 0. The average molecular weight is 356 g/mol. The first-order valence-electron chi connectivity index (χ1n) is 8.07. The average Bonchev–Trinajstić information content (AvgIpc) is 2.94. The minimum atomic E-state index is -0.203. The third-order valence-electron chi connectivity index (χ3n) is 4.06. The minimum Gasteiger partial charge on any atom is -0.294 e. The number of amides is 1. The van der Waals surface area contributed by atoms with Crippen molar-refractivity contribution in [2.45, 2.75) is 45.7 Å². The number of fused-ring (bicyclic) bond motifs is 1. The number of Topliss-reactive ketones (excluding diaryl/α,β-unsaturated/α-hetero) is 1. The van der Waals surface area contributed by atoms with Crippen LogP contribution in [0.1, 0.15) is 50.6 Å². The largest absolute Gasteiger partial charge is 0.294 e. The molecule has 1 aromatic heterocycles. The highest BCUT2D eigenvalue weighted by Gasteiger charge is 2.33. The molecule has 1 aromatic carbocycles. The number of aryl methyl sites for hydroxylation is 1. The number of allylic oxidation sites excluding steroid dienone is 1. The second-order valence-electron chi connectivity index (χ2n) is 6.29. The van der Waals surface area contributed by atoms with Crippen LogP contribution in [-0.4, -0.2) is 26.6 Å². The van der Waals surface area contributed by atoms with Crippen molar-refractivity contribution < 1.29 is 9.59 Å². The number of hydrogen-bond acceptors (Lipinski definition) is 5. The molecule has 7 heteroatoms. The second-order valence-corrected chi connectivity index (χ2v) is 7.26. The van der Waals surface area contributed by atoms with E-state index in [0.29, 0.717) is 27.5 Å². The molecule has 130 valence electrons. The van der Waals surface area contributed by atoms with E-state index in [-0.39, 0.29) is 11.7 Å². The molecule has 0 spiro atoms. The molecular formula is C18H20N4O2S. The highest BCUT2D eigenvalue weighted by molar-refractivity contribution is 8.04. The van der Waals surface area contributed by atoms with E-state index in [4.69, 9.17) is 0 Å². The quantitative estimate of drug-likeness (QED) is 0.844. The number of rotatable bonds is 3. The zero-order valence-corrected chi connectivity index (χ0v) is 15.7. The zero-order chi connectivity index (χ0) is 18.3. The monoisotopic (exact) mass is 356 g/mol. The highest BCUT2D eigenvalue weighted by Crippen LogP contribution is 2.39. The summed E-state index contributed by atoms with van der Waals surface area (Å²) in [5, 5.41) is 10.1. The van der Waals surface area contributed by atoms with Crippen molar-refractivity contribution in [3.05, 3.63) is 46.1 Å². The van der Waals surface area contributed by atoms with Gasteiger partial charge >= 0.3 is 0 Å². The highest BCUT2D eigenvalue weighted by atomic mass is 32.2. The van der Waals surface area contributed by atoms with Gasteiger partial charge in [0.1, 0.15) is 0 Å². The van der Waals surface area contributed by atoms with E-state index in [2.05, 4.69) is 24.0 Å². The van der Waals surface area contributed by atoms with Crippen LogP contribution >= 0.6 is 11.8 Å². The van der Waals surface area contributed by atoms with E-state index in [9.17, 15) is 9.59 Å². The van der Waals surface area contributed by atoms with Gasteiger partial charge in [-0.1, -0.05) is 38.1 Å². The van der Waals surface area contributed by atoms with Crippen LogP contribution in [0.15, 0.2) is 34.3 Å². The standard InChI is InChI=1S/C18H20N4O2S/c1-10(2)14-6-8-15(9-7-14)16-17(11(3)23)25-18-20-19-12(4)21(18)22(16)13(5)24/h6-10H,1-5H3. The van der Waals surface area contributed by atoms with E-state index in [1.807, 2.05) is 24.3 Å². The van der Waals surface area contributed by atoms with E-state index in [1.165, 1.54) is 36.2 Å². The Bertz CT molecular complexity index is 881. The summed E-state index contributed by atoms with van der Waals surface area (Å²) < 4.78 is 1.66. The molecule has 6 nitrogen and oxygen atoms in total. The fraction of sp³-hybridized carbons (Fsp3) is 0.333. The number of nitrogens with zero attached hydrogens (tertiary/aromatic N) is 4. The summed E-state index contributed by atoms with van der Waals surface area (Å²) >= 11 is 1.25. The van der Waals surface area contributed by atoms with Crippen molar-refractivity contribution in [1.29, 1.82) is 0 Å². The van der Waals surface area contributed by atoms with Gasteiger partial charge in [-0.15, -0.1) is 10.2 Å². The number of carbonyl (C=O) groups is 2. The number of benzene rings is 1. The lowest BCUT2D eigenvalue weighted by molar-refractivity contribution is -0.117. The Morgan fingerprint density at radius 2 is 1.72 bits per heavy atom. The fourth-order valence-corrected chi connectivity index (χ4v) is 3.79. The second kappa shape index (κ2) is 6.48. The first-order chi connectivity index (χ1) is 11.8. The molecule has 2 heterocycles. The summed E-state index contributed by atoms with van der Waals surface area (Å²) in [7, 11) is 0. The Balaban J connectivity index is 2.22. The number of thioether (sulfide) groups is 1. The maximum Gasteiger partial charge on any atom is 0.243 e. The summed E-state index contributed by atoms with van der Waals surface area (Å²) in [5.41, 5.74) is 2.60. The van der Waals surface area contributed by atoms with E-state index >= 15 is 0 Å². The molecule has 0 saturated heterocycles. The molecule has 0 N–H and O–H groups in total. The third-order valence-corrected chi connectivity index (χ3v) is 5.18. The summed E-state index contributed by atoms with van der Waals surface area (Å²) in [5.74, 6) is 0.695. The van der Waals surface area contributed by atoms with Crippen LogP contribution in [0.3, 0.4) is 0 Å². The predicted molar refractivity (Wildman–Crippen MR) is 97.6 cm³/mol. The molecule has 0 bridgehead atoms. The molecule has 25 heavy (non-hydrogen) atoms. The molecule has 1 aliphatic heterocycles. The smallest absolute Gasteiger partial charge is 0.243 e. The lowest BCUT2D eigenvalue weighted by atomic mass is 10.0. The van der Waals surface area contributed by atoms with Gasteiger partial charge in [-0.2, -0.15) is 0 Å². The maximum atomic E-state index is 12.4. The van der Waals surface area contributed by atoms with Gasteiger partial charge in [-0.25, -0.2) is 9.69 Å². The Labute approximate surface area is 150 Å². The van der Waals surface area contributed by atoms with Crippen LogP contribution in [-0.2, 0) is 9.59 Å². The van der Waals surface area contributed by atoms with Crippen LogP contribution in [0.2, 0.25) is 0 Å². The molecule has 3 rings (SSSR count). The number of aromatic nitrogens is 3. The van der Waals surface area contributed by atoms with Crippen LogP contribution in [0.4, 0.5) is 0 Å². The normalized spacial score (nSPS) is 14.1. The fourth-order valence-electron chi connectivity index (χ4n) is 2.78. The Morgan fingerprint density at radius 1 is 1.08 bits per heavy atom. The molecule has 0 aliphatic carbocycles. The van der Waals surface area contributed by atoms with Crippen molar-refractivity contribution in [3.8, 4) is 0 Å². The van der Waals surface area contributed by atoms with E-state index < -0.39 is 0 Å². The number of ketones is 1. The van der Waals surface area contributed by atoms with Gasteiger partial charge in [-0.05, 0) is 37.1 Å². The van der Waals surface area contributed by atoms with Crippen molar-refractivity contribution in [2.75, 3.05) is 5.01 Å². The molecule has 1 amide bonds. The van der Waals surface area contributed by atoms with Gasteiger partial charge in [0, 0.05) is 12.5 Å². The number of hydrogen-bond donors (Lipinski definition) is 0. The zero-order valence-electron chi connectivity index (χ0n) is 14.9. The first kappa shape index (κ1) is 17.4. The van der Waals surface area contributed by atoms with Gasteiger partial charge < -0.3 is 0 Å². The van der Waals surface area contributed by atoms with Gasteiger partial charge in [0.05, 0.1) is 10.6 Å². The van der Waals surface area contributed by atoms with Crippen molar-refractivity contribution in [2.24, 2.45) is 0 Å². The van der Waals surface area contributed by atoms with Crippen molar-refractivity contribution >= 4 is 29.1 Å². The molecule has 0 atom stereocenters. The Hall–Kier alpha value is -2.41. The Kier molecular flexibility index (Phi) is 4.51. The molecular weight excluding hydrogens is 336 g/mol. The van der Waals surface area contributed by atoms with E-state index in [1.54, 1.807) is 11.6 Å².